The summed E-state index contributed by atoms with van der Waals surface area (Å²) >= 11 is 0. The minimum absolute atomic E-state index is 0.0537. The van der Waals surface area contributed by atoms with Gasteiger partial charge in [-0.2, -0.15) is 18.3 Å². The molecule has 4 nitrogen and oxygen atoms in total. The van der Waals surface area contributed by atoms with E-state index in [1.165, 1.54) is 0 Å². The maximum atomic E-state index is 12.7. The van der Waals surface area contributed by atoms with E-state index in [1.54, 1.807) is 24.0 Å². The number of carbonyl (C=O) groups is 1. The molecule has 1 aromatic heterocycles. The lowest BCUT2D eigenvalue weighted by Gasteiger charge is -2.10. The quantitative estimate of drug-likeness (QED) is 0.697. The summed E-state index contributed by atoms with van der Waals surface area (Å²) in [7, 11) is 1.73. The molecule has 21 heavy (non-hydrogen) atoms. The second-order valence-electron chi connectivity index (χ2n) is 4.67. The number of halogens is 3. The van der Waals surface area contributed by atoms with Crippen LogP contribution in [-0.4, -0.2) is 15.6 Å². The number of nitrogens with two attached hydrogens (primary N) is 1. The van der Waals surface area contributed by atoms with Gasteiger partial charge in [0.2, 0.25) is 0 Å². The Hall–Kier alpha value is -2.31. The molecule has 0 spiro atoms. The number of hydrogen-bond acceptors (Lipinski definition) is 3. The maximum absolute atomic E-state index is 12.7. The van der Waals surface area contributed by atoms with Crippen LogP contribution in [0.25, 0.3) is 0 Å². The Bertz CT molecular complexity index is 662. The van der Waals surface area contributed by atoms with Crippen LogP contribution < -0.4 is 5.73 Å². The molecule has 0 fully saturated rings. The van der Waals surface area contributed by atoms with Crippen LogP contribution >= 0.6 is 0 Å². The van der Waals surface area contributed by atoms with Crippen LogP contribution in [0.2, 0.25) is 0 Å². The SMILES string of the molecule is Cn1nccc1CCC(=O)c1cc(C(F)(F)F)ccc1N. The number of nitrogens with zero attached hydrogens (tertiary/aromatic N) is 2. The highest BCUT2D eigenvalue weighted by Gasteiger charge is 2.31. The number of rotatable bonds is 4. The van der Waals surface area contributed by atoms with E-state index >= 15 is 0 Å². The number of benzene rings is 1. The summed E-state index contributed by atoms with van der Waals surface area (Å²) < 4.78 is 39.6. The van der Waals surface area contributed by atoms with E-state index in [0.29, 0.717) is 6.42 Å². The summed E-state index contributed by atoms with van der Waals surface area (Å²) in [6, 6.07) is 4.54. The van der Waals surface area contributed by atoms with Crippen LogP contribution in [0.4, 0.5) is 18.9 Å². The summed E-state index contributed by atoms with van der Waals surface area (Å²) in [4.78, 5) is 12.1. The fraction of sp³-hybridized carbons (Fsp3) is 0.286. The minimum atomic E-state index is -4.50. The molecule has 0 aliphatic heterocycles. The fourth-order valence-electron chi connectivity index (χ4n) is 2.00. The summed E-state index contributed by atoms with van der Waals surface area (Å²) in [6.45, 7) is 0. The minimum Gasteiger partial charge on any atom is -0.398 e. The van der Waals surface area contributed by atoms with Gasteiger partial charge in [-0.15, -0.1) is 0 Å². The molecule has 0 aliphatic carbocycles. The van der Waals surface area contributed by atoms with Gasteiger partial charge in [0.1, 0.15) is 0 Å². The number of carbonyl (C=O) groups excluding carboxylic acids is 1. The van der Waals surface area contributed by atoms with E-state index in [2.05, 4.69) is 5.10 Å². The van der Waals surface area contributed by atoms with Gasteiger partial charge in [0, 0.05) is 36.6 Å². The third-order valence-electron chi connectivity index (χ3n) is 3.21. The van der Waals surface area contributed by atoms with Crippen LogP contribution in [0.1, 0.15) is 28.0 Å². The number of nitrogen functional groups attached to an aromatic ring is 1. The predicted molar refractivity (Wildman–Crippen MR) is 71.7 cm³/mol. The molecule has 7 heteroatoms. The monoisotopic (exact) mass is 297 g/mol. The number of aryl methyl sites for hydroxylation is 2. The first kappa shape index (κ1) is 15.1. The maximum Gasteiger partial charge on any atom is 0.416 e. The lowest BCUT2D eigenvalue weighted by molar-refractivity contribution is -0.137. The smallest absolute Gasteiger partial charge is 0.398 e. The van der Waals surface area contributed by atoms with Crippen LogP contribution in [-0.2, 0) is 19.6 Å². The van der Waals surface area contributed by atoms with E-state index in [9.17, 15) is 18.0 Å². The summed E-state index contributed by atoms with van der Waals surface area (Å²) in [5.74, 6) is -0.417. The topological polar surface area (TPSA) is 60.9 Å². The zero-order chi connectivity index (χ0) is 15.6. The third-order valence-corrected chi connectivity index (χ3v) is 3.21. The zero-order valence-electron chi connectivity index (χ0n) is 11.3. The molecule has 0 atom stereocenters. The summed E-state index contributed by atoms with van der Waals surface area (Å²) in [5, 5.41) is 3.96. The van der Waals surface area contributed by atoms with Gasteiger partial charge >= 0.3 is 6.18 Å². The van der Waals surface area contributed by atoms with E-state index in [1.807, 2.05) is 0 Å². The first-order valence-electron chi connectivity index (χ1n) is 6.26. The van der Waals surface area contributed by atoms with Gasteiger partial charge in [-0.25, -0.2) is 0 Å². The first-order valence-corrected chi connectivity index (χ1v) is 6.26. The molecule has 2 aromatic rings. The Morgan fingerprint density at radius 2 is 2.05 bits per heavy atom. The number of anilines is 1. The largest absolute Gasteiger partial charge is 0.416 e. The van der Waals surface area contributed by atoms with Crippen LogP contribution in [0.15, 0.2) is 30.5 Å². The number of aromatic nitrogens is 2. The van der Waals surface area contributed by atoms with Crippen molar-refractivity contribution in [3.8, 4) is 0 Å². The van der Waals surface area contributed by atoms with Crippen molar-refractivity contribution in [1.29, 1.82) is 0 Å². The van der Waals surface area contributed by atoms with Crippen LogP contribution in [0, 0.1) is 0 Å². The number of alkyl halides is 3. The Balaban J connectivity index is 2.17. The van der Waals surface area contributed by atoms with E-state index in [-0.39, 0.29) is 17.7 Å². The second-order valence-corrected chi connectivity index (χ2v) is 4.67. The first-order chi connectivity index (χ1) is 9.79. The van der Waals surface area contributed by atoms with Crippen LogP contribution in [0.5, 0.6) is 0 Å². The lowest BCUT2D eigenvalue weighted by Crippen LogP contribution is -2.11. The molecule has 2 N–H and O–H groups in total. The molecule has 0 bridgehead atoms. The van der Waals surface area contributed by atoms with Crippen LogP contribution in [0.3, 0.4) is 0 Å². The van der Waals surface area contributed by atoms with Gasteiger partial charge in [0.25, 0.3) is 0 Å². The predicted octanol–water partition coefficient (Wildman–Crippen LogP) is 2.84. The Labute approximate surface area is 119 Å². The molecular formula is C14H14F3N3O. The van der Waals surface area contributed by atoms with Gasteiger partial charge in [0.15, 0.2) is 5.78 Å². The van der Waals surface area contributed by atoms with Gasteiger partial charge in [-0.05, 0) is 30.7 Å². The lowest BCUT2D eigenvalue weighted by atomic mass is 10.0. The van der Waals surface area contributed by atoms with Gasteiger partial charge in [0.05, 0.1) is 5.56 Å². The average Bonchev–Trinajstić information content (AvgIpc) is 2.80. The highest BCUT2D eigenvalue weighted by atomic mass is 19.4. The molecule has 0 amide bonds. The molecule has 1 heterocycles. The Morgan fingerprint density at radius 3 is 2.62 bits per heavy atom. The highest BCUT2D eigenvalue weighted by Crippen LogP contribution is 2.31. The summed E-state index contributed by atoms with van der Waals surface area (Å²) in [5.41, 5.74) is 5.52. The fourth-order valence-corrected chi connectivity index (χ4v) is 2.00. The van der Waals surface area contributed by atoms with E-state index in [0.717, 1.165) is 23.9 Å². The van der Waals surface area contributed by atoms with Crippen molar-refractivity contribution in [2.24, 2.45) is 7.05 Å². The number of Topliss-reactive ketones (excluding diaryl/α,β-unsaturated/α-hetero) is 1. The van der Waals surface area contributed by atoms with Crippen molar-refractivity contribution >= 4 is 11.5 Å². The Morgan fingerprint density at radius 1 is 1.33 bits per heavy atom. The van der Waals surface area contributed by atoms with Crippen molar-refractivity contribution in [1.82, 2.24) is 9.78 Å². The highest BCUT2D eigenvalue weighted by molar-refractivity contribution is 6.01. The van der Waals surface area contributed by atoms with Crippen molar-refractivity contribution < 1.29 is 18.0 Å². The Kier molecular flexibility index (Phi) is 4.02. The average molecular weight is 297 g/mol. The van der Waals surface area contributed by atoms with Crippen molar-refractivity contribution in [3.05, 3.63) is 47.3 Å². The van der Waals surface area contributed by atoms with Gasteiger partial charge in [-0.3, -0.25) is 9.48 Å². The molecule has 0 saturated carbocycles. The number of ketones is 1. The van der Waals surface area contributed by atoms with Crippen molar-refractivity contribution in [3.63, 3.8) is 0 Å². The molecule has 0 radical (unpaired) electrons. The second kappa shape index (κ2) is 5.59. The molecule has 0 saturated heterocycles. The molecule has 0 unspecified atom stereocenters. The normalized spacial score (nSPS) is 11.6. The standard InChI is InChI=1S/C14H14F3N3O/c1-20-10(6-7-19-20)3-5-13(21)11-8-9(14(15,16)17)2-4-12(11)18/h2,4,6-8H,3,5,18H2,1H3. The van der Waals surface area contributed by atoms with Gasteiger partial charge < -0.3 is 5.73 Å². The summed E-state index contributed by atoms with van der Waals surface area (Å²) in [6.07, 6.45) is -2.43. The van der Waals surface area contributed by atoms with E-state index in [4.69, 9.17) is 5.73 Å². The van der Waals surface area contributed by atoms with Crippen molar-refractivity contribution in [2.45, 2.75) is 19.0 Å². The third kappa shape index (κ3) is 3.42. The zero-order valence-corrected chi connectivity index (χ0v) is 11.3. The van der Waals surface area contributed by atoms with Crippen molar-refractivity contribution in [2.75, 3.05) is 5.73 Å². The molecular weight excluding hydrogens is 283 g/mol. The molecule has 2 rings (SSSR count). The molecule has 0 aliphatic rings. The van der Waals surface area contributed by atoms with Gasteiger partial charge in [-0.1, -0.05) is 0 Å². The molecule has 112 valence electrons. The van der Waals surface area contributed by atoms with E-state index < -0.39 is 17.5 Å². The molecule has 1 aromatic carbocycles. The number of hydrogen-bond donors (Lipinski definition) is 1.